The van der Waals surface area contributed by atoms with Gasteiger partial charge in [-0.1, -0.05) is 22.0 Å². The summed E-state index contributed by atoms with van der Waals surface area (Å²) >= 11 is 3.48. The maximum atomic E-state index is 13.2. The molecule has 1 heterocycles. The summed E-state index contributed by atoms with van der Waals surface area (Å²) < 4.78 is 30.8. The largest absolute Gasteiger partial charge is 0.455 e. The van der Waals surface area contributed by atoms with E-state index in [-0.39, 0.29) is 6.61 Å². The summed E-state index contributed by atoms with van der Waals surface area (Å²) in [6, 6.07) is 5.65. The second kappa shape index (κ2) is 12.3. The van der Waals surface area contributed by atoms with Crippen molar-refractivity contribution in [1.29, 1.82) is 0 Å². The topological polar surface area (TPSA) is 97.4 Å². The van der Waals surface area contributed by atoms with E-state index >= 15 is 0 Å². The Morgan fingerprint density at radius 2 is 1.26 bits per heavy atom. The Kier molecular flexibility index (Phi) is 10.6. The molecule has 0 radical (unpaired) electrons. The van der Waals surface area contributed by atoms with Crippen LogP contribution in [0.15, 0.2) is 22.7 Å². The second-order valence-electron chi connectivity index (χ2n) is 12.8. The molecule has 1 saturated heterocycles. The quantitative estimate of drug-likeness (QED) is 0.222. The van der Waals surface area contributed by atoms with Crippen molar-refractivity contribution in [2.45, 2.75) is 99.8 Å². The fourth-order valence-corrected chi connectivity index (χ4v) is 4.32. The molecule has 10 heteroatoms. The number of benzene rings is 1. The zero-order valence-electron chi connectivity index (χ0n) is 24.0. The smallest absolute Gasteiger partial charge is 0.311 e. The van der Waals surface area contributed by atoms with Crippen LogP contribution in [0.1, 0.15) is 79.5 Å². The van der Waals surface area contributed by atoms with E-state index in [2.05, 4.69) is 25.4 Å². The van der Waals surface area contributed by atoms with Gasteiger partial charge in [-0.3, -0.25) is 14.4 Å². The summed E-state index contributed by atoms with van der Waals surface area (Å²) in [5.41, 5.74) is -0.953. The molecule has 0 N–H and O–H groups in total. The average Bonchev–Trinajstić information content (AvgIpc) is 2.75. The molecule has 214 valence electrons. The van der Waals surface area contributed by atoms with Crippen LogP contribution in [0, 0.1) is 23.2 Å². The molecule has 8 nitrogen and oxygen atoms in total. The van der Waals surface area contributed by atoms with Crippen LogP contribution in [0.3, 0.4) is 0 Å². The molecule has 1 aliphatic rings. The van der Waals surface area contributed by atoms with E-state index in [9.17, 15) is 14.4 Å². The zero-order valence-corrected chi connectivity index (χ0v) is 26.8. The number of rotatable bonds is 6. The molecule has 2 rings (SSSR count). The van der Waals surface area contributed by atoms with Crippen LogP contribution in [0.5, 0.6) is 0 Å². The highest BCUT2D eigenvalue weighted by molar-refractivity contribution is 9.10. The average molecular weight is 618 g/mol. The molecular formula is C28H42BrO8P. The minimum Gasteiger partial charge on any atom is -0.455 e. The van der Waals surface area contributed by atoms with E-state index in [1.54, 1.807) is 62.3 Å². The minimum absolute atomic E-state index is 0.0162. The van der Waals surface area contributed by atoms with Gasteiger partial charge < -0.3 is 23.5 Å². The normalized spacial score (nSPS) is 24.5. The molecule has 6 atom stereocenters. The molecule has 0 aliphatic carbocycles. The van der Waals surface area contributed by atoms with E-state index in [4.69, 9.17) is 23.5 Å². The van der Waals surface area contributed by atoms with Crippen molar-refractivity contribution in [3.63, 3.8) is 0 Å². The molecule has 0 spiro atoms. The highest BCUT2D eigenvalue weighted by atomic mass is 79.9. The van der Waals surface area contributed by atoms with Crippen LogP contribution >= 0.6 is 25.4 Å². The van der Waals surface area contributed by atoms with Crippen molar-refractivity contribution >= 4 is 43.3 Å². The Hall–Kier alpha value is -1.54. The van der Waals surface area contributed by atoms with Crippen LogP contribution in [0.2, 0.25) is 0 Å². The molecule has 0 bridgehead atoms. The molecule has 1 fully saturated rings. The lowest BCUT2D eigenvalue weighted by atomic mass is 9.87. The van der Waals surface area contributed by atoms with Gasteiger partial charge in [-0.05, 0) is 92.5 Å². The van der Waals surface area contributed by atoms with Crippen LogP contribution in [-0.4, -0.2) is 48.9 Å². The number of carbonyl (C=O) groups excluding carboxylic acids is 3. The van der Waals surface area contributed by atoms with Crippen molar-refractivity contribution in [2.75, 3.05) is 6.61 Å². The Balaban J connectivity index is 2.74. The number of ether oxygens (including phenoxy) is 4. The number of carbonyl (C=O) groups is 3. The number of halogens is 1. The SMILES string of the molecule is Cc1cc(Br)ccc1[C@H]1O[C@H](COP)[C@@H](OC(=O)C(C)(C)C)[C@H](OC(=O)C(C)(C)C)[C@@H]1OC(=O)C(C)(C)C. The van der Waals surface area contributed by atoms with Crippen LogP contribution in [0.25, 0.3) is 0 Å². The Labute approximate surface area is 237 Å². The highest BCUT2D eigenvalue weighted by Gasteiger charge is 2.54. The lowest BCUT2D eigenvalue weighted by Crippen LogP contribution is -2.61. The third kappa shape index (κ3) is 8.23. The van der Waals surface area contributed by atoms with Gasteiger partial charge in [0, 0.05) is 13.9 Å². The summed E-state index contributed by atoms with van der Waals surface area (Å²) in [6.07, 6.45) is -5.02. The first kappa shape index (κ1) is 32.7. The third-order valence-corrected chi connectivity index (χ3v) is 6.68. The summed E-state index contributed by atoms with van der Waals surface area (Å²) in [4.78, 5) is 39.5. The first-order valence-corrected chi connectivity index (χ1v) is 13.9. The van der Waals surface area contributed by atoms with Crippen molar-refractivity contribution in [3.05, 3.63) is 33.8 Å². The summed E-state index contributed by atoms with van der Waals surface area (Å²) in [7, 11) is 2.16. The van der Waals surface area contributed by atoms with Crippen molar-refractivity contribution in [1.82, 2.24) is 0 Å². The minimum atomic E-state index is -1.16. The summed E-state index contributed by atoms with van der Waals surface area (Å²) in [5.74, 6) is -1.56. The fourth-order valence-electron chi connectivity index (χ4n) is 3.66. The summed E-state index contributed by atoms with van der Waals surface area (Å²) in [5, 5.41) is 0. The number of hydrogen-bond acceptors (Lipinski definition) is 8. The van der Waals surface area contributed by atoms with Gasteiger partial charge in [0.15, 0.2) is 18.3 Å². The Morgan fingerprint density at radius 1 is 0.816 bits per heavy atom. The molecule has 38 heavy (non-hydrogen) atoms. The molecule has 1 unspecified atom stereocenters. The molecular weight excluding hydrogens is 575 g/mol. The van der Waals surface area contributed by atoms with E-state index in [0.717, 1.165) is 15.6 Å². The fraction of sp³-hybridized carbons (Fsp3) is 0.679. The first-order valence-electron chi connectivity index (χ1n) is 12.6. The second-order valence-corrected chi connectivity index (χ2v) is 14.0. The van der Waals surface area contributed by atoms with Crippen LogP contribution in [-0.2, 0) is 37.9 Å². The maximum Gasteiger partial charge on any atom is 0.311 e. The van der Waals surface area contributed by atoms with Gasteiger partial charge in [0.2, 0.25) is 0 Å². The highest BCUT2D eigenvalue weighted by Crippen LogP contribution is 2.41. The van der Waals surface area contributed by atoms with Gasteiger partial charge in [-0.25, -0.2) is 0 Å². The van der Waals surface area contributed by atoms with Crippen LogP contribution < -0.4 is 0 Å². The van der Waals surface area contributed by atoms with Gasteiger partial charge >= 0.3 is 17.9 Å². The Morgan fingerprint density at radius 3 is 1.68 bits per heavy atom. The maximum absolute atomic E-state index is 13.2. The molecule has 1 aromatic carbocycles. The number of esters is 3. The molecule has 0 amide bonds. The third-order valence-electron chi connectivity index (χ3n) is 6.00. The molecule has 0 saturated carbocycles. The Bertz CT molecular complexity index is 1020. The van der Waals surface area contributed by atoms with Crippen molar-refractivity contribution in [2.24, 2.45) is 16.2 Å². The van der Waals surface area contributed by atoms with Gasteiger partial charge in [-0.15, -0.1) is 0 Å². The van der Waals surface area contributed by atoms with Gasteiger partial charge in [-0.2, -0.15) is 0 Å². The number of aryl methyl sites for hydroxylation is 1. The zero-order chi connectivity index (χ0) is 29.2. The van der Waals surface area contributed by atoms with E-state index in [1.165, 1.54) is 0 Å². The van der Waals surface area contributed by atoms with Crippen molar-refractivity contribution in [3.8, 4) is 0 Å². The van der Waals surface area contributed by atoms with E-state index in [0.29, 0.717) is 0 Å². The standard InChI is InChI=1S/C28H42BrO8P/c1-15-13-16(29)11-12-17(15)19-21(36-24(31)27(5,6)7)22(37-25(32)28(8,9)10)20(18(34-19)14-33-38)35-23(30)26(2,3)4/h11-13,18-22H,14,38H2,1-10H3/t18-,19-,20-,21-,22+/m1/s1. The first-order chi connectivity index (χ1) is 17.3. The predicted molar refractivity (Wildman–Crippen MR) is 150 cm³/mol. The van der Waals surface area contributed by atoms with Crippen LogP contribution in [0.4, 0.5) is 0 Å². The van der Waals surface area contributed by atoms with Crippen molar-refractivity contribution < 1.29 is 37.9 Å². The molecule has 0 aromatic heterocycles. The number of hydrogen-bond donors (Lipinski definition) is 0. The van der Waals surface area contributed by atoms with Gasteiger partial charge in [0.05, 0.1) is 22.9 Å². The van der Waals surface area contributed by atoms with Gasteiger partial charge in [0.1, 0.15) is 12.2 Å². The predicted octanol–water partition coefficient (Wildman–Crippen LogP) is 5.88. The summed E-state index contributed by atoms with van der Waals surface area (Å²) in [6.45, 7) is 17.5. The monoisotopic (exact) mass is 616 g/mol. The molecule has 1 aliphatic heterocycles. The molecule has 1 aromatic rings. The van der Waals surface area contributed by atoms with E-state index in [1.807, 2.05) is 25.1 Å². The van der Waals surface area contributed by atoms with E-state index < -0.39 is 64.7 Å². The lowest BCUT2D eigenvalue weighted by Gasteiger charge is -2.46. The van der Waals surface area contributed by atoms with Gasteiger partial charge in [0.25, 0.3) is 0 Å². The lowest BCUT2D eigenvalue weighted by molar-refractivity contribution is -0.259.